The van der Waals surface area contributed by atoms with Gasteiger partial charge in [0.1, 0.15) is 5.82 Å². The van der Waals surface area contributed by atoms with Crippen molar-refractivity contribution in [1.29, 1.82) is 0 Å². The zero-order chi connectivity index (χ0) is 9.10. The Kier molecular flexibility index (Phi) is 3.29. The van der Waals surface area contributed by atoms with Crippen LogP contribution >= 0.6 is 27.5 Å². The molecule has 0 saturated carbocycles. The van der Waals surface area contributed by atoms with Gasteiger partial charge in [-0.15, -0.1) is 0 Å². The van der Waals surface area contributed by atoms with E-state index in [4.69, 9.17) is 4.74 Å². The molecule has 72 valence electrons. The van der Waals surface area contributed by atoms with E-state index in [0.717, 1.165) is 29.2 Å². The van der Waals surface area contributed by atoms with Crippen molar-refractivity contribution in [3.05, 3.63) is 9.74 Å². The first-order chi connectivity index (χ1) is 6.34. The number of rotatable bonds is 2. The summed E-state index contributed by atoms with van der Waals surface area (Å²) in [5.74, 6) is 0.906. The number of aromatic nitrogens is 2. The smallest absolute Gasteiger partial charge is 0.179 e. The third-order valence-electron chi connectivity index (χ3n) is 2.13. The van der Waals surface area contributed by atoms with E-state index in [1.165, 1.54) is 24.4 Å². The average Bonchev–Trinajstić information content (AvgIpc) is 2.53. The number of ether oxygens (including phenoxy) is 1. The minimum atomic E-state index is 0.343. The number of nitrogens with zero attached hydrogens (tertiary/aromatic N) is 2. The number of halogens is 1. The standard InChI is InChI=1S/C8H11BrN2OS/c9-8-10-7(11-13-8)5-6-3-1-2-4-12-6/h6H,1-5H2. The molecule has 0 amide bonds. The molecule has 1 aliphatic rings. The van der Waals surface area contributed by atoms with Crippen LogP contribution in [0.4, 0.5) is 0 Å². The van der Waals surface area contributed by atoms with Gasteiger partial charge in [0, 0.05) is 13.0 Å². The lowest BCUT2D eigenvalue weighted by Gasteiger charge is -2.21. The van der Waals surface area contributed by atoms with Crippen LogP contribution in [0.25, 0.3) is 0 Å². The largest absolute Gasteiger partial charge is 0.378 e. The normalized spacial score (nSPS) is 23.3. The van der Waals surface area contributed by atoms with Crippen LogP contribution in [0.1, 0.15) is 25.1 Å². The Morgan fingerprint density at radius 2 is 2.46 bits per heavy atom. The van der Waals surface area contributed by atoms with Gasteiger partial charge in [0.2, 0.25) is 0 Å². The van der Waals surface area contributed by atoms with Crippen LogP contribution in [0.15, 0.2) is 3.92 Å². The Morgan fingerprint density at radius 3 is 3.08 bits per heavy atom. The lowest BCUT2D eigenvalue weighted by Crippen LogP contribution is -2.21. The first kappa shape index (κ1) is 9.55. The lowest BCUT2D eigenvalue weighted by atomic mass is 10.1. The summed E-state index contributed by atoms with van der Waals surface area (Å²) >= 11 is 4.69. The number of hydrogen-bond donors (Lipinski definition) is 0. The Bertz CT molecular complexity index is 273. The molecule has 1 aromatic heterocycles. The van der Waals surface area contributed by atoms with Gasteiger partial charge in [-0.3, -0.25) is 0 Å². The summed E-state index contributed by atoms with van der Waals surface area (Å²) in [7, 11) is 0. The van der Waals surface area contributed by atoms with Gasteiger partial charge >= 0.3 is 0 Å². The van der Waals surface area contributed by atoms with Gasteiger partial charge in [-0.05, 0) is 46.7 Å². The second-order valence-electron chi connectivity index (χ2n) is 3.16. The molecule has 1 aliphatic heterocycles. The van der Waals surface area contributed by atoms with Crippen molar-refractivity contribution in [3.63, 3.8) is 0 Å². The first-order valence-corrected chi connectivity index (χ1v) is 6.01. The Morgan fingerprint density at radius 1 is 1.54 bits per heavy atom. The monoisotopic (exact) mass is 262 g/mol. The molecule has 5 heteroatoms. The van der Waals surface area contributed by atoms with Crippen molar-refractivity contribution in [1.82, 2.24) is 9.36 Å². The van der Waals surface area contributed by atoms with Crippen LogP contribution in [-0.4, -0.2) is 22.1 Å². The van der Waals surface area contributed by atoms with Crippen molar-refractivity contribution < 1.29 is 4.74 Å². The predicted molar refractivity (Wildman–Crippen MR) is 54.9 cm³/mol. The minimum absolute atomic E-state index is 0.343. The van der Waals surface area contributed by atoms with Crippen LogP contribution in [0.3, 0.4) is 0 Å². The molecule has 0 bridgehead atoms. The van der Waals surface area contributed by atoms with Gasteiger partial charge < -0.3 is 4.74 Å². The molecule has 0 spiro atoms. The molecule has 0 N–H and O–H groups in total. The van der Waals surface area contributed by atoms with Crippen molar-refractivity contribution in [2.75, 3.05) is 6.61 Å². The fourth-order valence-corrected chi connectivity index (χ4v) is 2.35. The molecule has 13 heavy (non-hydrogen) atoms. The van der Waals surface area contributed by atoms with E-state index >= 15 is 0 Å². The van der Waals surface area contributed by atoms with Gasteiger partial charge in [0.15, 0.2) is 3.92 Å². The highest BCUT2D eigenvalue weighted by Gasteiger charge is 2.16. The maximum atomic E-state index is 5.60. The van der Waals surface area contributed by atoms with E-state index in [-0.39, 0.29) is 0 Å². The van der Waals surface area contributed by atoms with Crippen LogP contribution in [0.5, 0.6) is 0 Å². The SMILES string of the molecule is Brc1nc(CC2CCCCO2)ns1. The third-order valence-corrected chi connectivity index (χ3v) is 3.28. The fourth-order valence-electron chi connectivity index (χ4n) is 1.49. The van der Waals surface area contributed by atoms with Crippen LogP contribution in [0.2, 0.25) is 0 Å². The Balaban J connectivity index is 1.89. The summed E-state index contributed by atoms with van der Waals surface area (Å²) < 4.78 is 10.7. The maximum Gasteiger partial charge on any atom is 0.179 e. The van der Waals surface area contributed by atoms with Gasteiger partial charge in [0.05, 0.1) is 6.10 Å². The van der Waals surface area contributed by atoms with E-state index in [9.17, 15) is 0 Å². The molecule has 1 saturated heterocycles. The third kappa shape index (κ3) is 2.72. The zero-order valence-electron chi connectivity index (χ0n) is 7.20. The second kappa shape index (κ2) is 4.48. The Hall–Kier alpha value is -0.0000000000000000555. The predicted octanol–water partition coefficient (Wildman–Crippen LogP) is 2.41. The topological polar surface area (TPSA) is 35.0 Å². The molecule has 1 unspecified atom stereocenters. The van der Waals surface area contributed by atoms with Crippen LogP contribution in [-0.2, 0) is 11.2 Å². The molecule has 2 heterocycles. The molecule has 0 radical (unpaired) electrons. The highest BCUT2D eigenvalue weighted by Crippen LogP contribution is 2.18. The molecule has 1 fully saturated rings. The summed E-state index contributed by atoms with van der Waals surface area (Å²) in [6.45, 7) is 0.899. The molecule has 0 aliphatic carbocycles. The lowest BCUT2D eigenvalue weighted by molar-refractivity contribution is 0.0158. The van der Waals surface area contributed by atoms with E-state index < -0.39 is 0 Å². The van der Waals surface area contributed by atoms with Gasteiger partial charge in [0.25, 0.3) is 0 Å². The molecule has 1 aromatic rings. The molecule has 1 atom stereocenters. The second-order valence-corrected chi connectivity index (χ2v) is 5.18. The van der Waals surface area contributed by atoms with Crippen LogP contribution < -0.4 is 0 Å². The van der Waals surface area contributed by atoms with E-state index in [2.05, 4.69) is 25.3 Å². The van der Waals surface area contributed by atoms with Gasteiger partial charge in [-0.1, -0.05) is 0 Å². The van der Waals surface area contributed by atoms with E-state index in [0.29, 0.717) is 6.10 Å². The van der Waals surface area contributed by atoms with Crippen molar-refractivity contribution in [3.8, 4) is 0 Å². The Labute approximate surface area is 89.8 Å². The summed E-state index contributed by atoms with van der Waals surface area (Å²) in [4.78, 5) is 4.25. The first-order valence-electron chi connectivity index (χ1n) is 4.44. The summed E-state index contributed by atoms with van der Waals surface area (Å²) in [6, 6.07) is 0. The maximum absolute atomic E-state index is 5.60. The molecular weight excluding hydrogens is 252 g/mol. The summed E-state index contributed by atoms with van der Waals surface area (Å²) in [6.07, 6.45) is 4.83. The number of hydrogen-bond acceptors (Lipinski definition) is 4. The van der Waals surface area contributed by atoms with E-state index in [1.54, 1.807) is 0 Å². The van der Waals surface area contributed by atoms with Crippen molar-refractivity contribution >= 4 is 27.5 Å². The molecule has 2 rings (SSSR count). The molecule has 3 nitrogen and oxygen atoms in total. The van der Waals surface area contributed by atoms with Gasteiger partial charge in [-0.25, -0.2) is 4.98 Å². The minimum Gasteiger partial charge on any atom is -0.378 e. The van der Waals surface area contributed by atoms with E-state index in [1.807, 2.05) is 0 Å². The summed E-state index contributed by atoms with van der Waals surface area (Å²) in [5.41, 5.74) is 0. The fraction of sp³-hybridized carbons (Fsp3) is 0.750. The molecule has 0 aromatic carbocycles. The van der Waals surface area contributed by atoms with Crippen molar-refractivity contribution in [2.24, 2.45) is 0 Å². The zero-order valence-corrected chi connectivity index (χ0v) is 9.60. The van der Waals surface area contributed by atoms with Gasteiger partial charge in [-0.2, -0.15) is 4.37 Å². The van der Waals surface area contributed by atoms with Crippen molar-refractivity contribution in [2.45, 2.75) is 31.8 Å². The highest BCUT2D eigenvalue weighted by molar-refractivity contribution is 9.11. The highest BCUT2D eigenvalue weighted by atomic mass is 79.9. The molecular formula is C8H11BrN2OS. The quantitative estimate of drug-likeness (QED) is 0.821. The average molecular weight is 263 g/mol. The summed E-state index contributed by atoms with van der Waals surface area (Å²) in [5, 5.41) is 0. The van der Waals surface area contributed by atoms with Crippen LogP contribution in [0, 0.1) is 0 Å².